The van der Waals surface area contributed by atoms with Crippen LogP contribution in [-0.2, 0) is 11.2 Å². The van der Waals surface area contributed by atoms with E-state index in [1.807, 2.05) is 36.5 Å². The number of carbonyl (C=O) groups excluding carboxylic acids is 1. The second-order valence-corrected chi connectivity index (χ2v) is 12.2. The van der Waals surface area contributed by atoms with Gasteiger partial charge in [-0.3, -0.25) is 4.98 Å². The number of benzene rings is 6. The molecule has 0 aliphatic heterocycles. The molecule has 230 valence electrons. The van der Waals surface area contributed by atoms with Gasteiger partial charge in [-0.05, 0) is 104 Å². The first-order valence-corrected chi connectivity index (χ1v) is 16.0. The Kier molecular flexibility index (Phi) is 8.48. The summed E-state index contributed by atoms with van der Waals surface area (Å²) in [5.74, 6) is 0.239. The molecule has 1 heterocycles. The summed E-state index contributed by atoms with van der Waals surface area (Å²) >= 11 is 0. The number of anilines is 1. The molecule has 0 amide bonds. The van der Waals surface area contributed by atoms with Crippen molar-refractivity contribution in [1.82, 2.24) is 4.98 Å². The standard InChI is InChI=1S/C27H23NO2.C16H13N/c1-30-27(29)25-16-24(20-9-10-20)17-28-26(25)14-18-7-8-23-15-22(12-11-21(23)13-18)19-5-3-2-4-6-19;17-16-9-8-14-10-13(6-7-15(14)11-16)12-4-2-1-3-5-12/h2-8,11-13,15-17,20H,9-10,14H2,1H3;1-11H,17H2. The summed E-state index contributed by atoms with van der Waals surface area (Å²) in [7, 11) is 1.43. The maximum Gasteiger partial charge on any atom is 0.339 e. The molecule has 8 rings (SSSR count). The van der Waals surface area contributed by atoms with Gasteiger partial charge < -0.3 is 10.5 Å². The van der Waals surface area contributed by atoms with E-state index in [0.717, 1.165) is 22.5 Å². The molecule has 7 aromatic rings. The minimum absolute atomic E-state index is 0.312. The third kappa shape index (κ3) is 6.92. The van der Waals surface area contributed by atoms with Crippen LogP contribution in [0.4, 0.5) is 5.69 Å². The van der Waals surface area contributed by atoms with Gasteiger partial charge in [-0.25, -0.2) is 4.79 Å². The average molecular weight is 613 g/mol. The van der Waals surface area contributed by atoms with Gasteiger partial charge >= 0.3 is 5.97 Å². The molecule has 0 saturated heterocycles. The van der Waals surface area contributed by atoms with Crippen molar-refractivity contribution in [2.75, 3.05) is 12.8 Å². The second-order valence-electron chi connectivity index (χ2n) is 12.2. The summed E-state index contributed by atoms with van der Waals surface area (Å²) < 4.78 is 5.02. The molecule has 0 spiro atoms. The molecule has 4 heteroatoms. The van der Waals surface area contributed by atoms with Gasteiger partial charge in [0.2, 0.25) is 0 Å². The summed E-state index contributed by atoms with van der Waals surface area (Å²) in [6.07, 6.45) is 4.88. The van der Waals surface area contributed by atoms with Crippen LogP contribution in [0.1, 0.15) is 45.9 Å². The van der Waals surface area contributed by atoms with Crippen LogP contribution < -0.4 is 5.73 Å². The largest absolute Gasteiger partial charge is 0.465 e. The Hall–Kier alpha value is -5.74. The Morgan fingerprint density at radius 3 is 1.81 bits per heavy atom. The predicted molar refractivity (Wildman–Crippen MR) is 194 cm³/mol. The van der Waals surface area contributed by atoms with Crippen LogP contribution in [0.15, 0.2) is 146 Å². The van der Waals surface area contributed by atoms with E-state index in [1.54, 1.807) is 0 Å². The lowest BCUT2D eigenvalue weighted by Crippen LogP contribution is -2.09. The Bertz CT molecular complexity index is 2190. The van der Waals surface area contributed by atoms with Crippen LogP contribution in [0.2, 0.25) is 0 Å². The van der Waals surface area contributed by atoms with E-state index in [0.29, 0.717) is 17.9 Å². The molecule has 1 saturated carbocycles. The van der Waals surface area contributed by atoms with Gasteiger partial charge in [-0.2, -0.15) is 0 Å². The normalized spacial score (nSPS) is 12.4. The molecule has 6 aromatic carbocycles. The number of nitrogens with zero attached hydrogens (tertiary/aromatic N) is 1. The molecule has 0 bridgehead atoms. The summed E-state index contributed by atoms with van der Waals surface area (Å²) in [6.45, 7) is 0. The minimum Gasteiger partial charge on any atom is -0.465 e. The van der Waals surface area contributed by atoms with Gasteiger partial charge in [0, 0.05) is 18.3 Å². The van der Waals surface area contributed by atoms with Crippen molar-refractivity contribution >= 4 is 33.2 Å². The van der Waals surface area contributed by atoms with E-state index < -0.39 is 0 Å². The molecular formula is C43H36N2O2. The van der Waals surface area contributed by atoms with Crippen LogP contribution in [0.3, 0.4) is 0 Å². The van der Waals surface area contributed by atoms with Gasteiger partial charge in [0.25, 0.3) is 0 Å². The van der Waals surface area contributed by atoms with E-state index in [1.165, 1.54) is 63.8 Å². The molecule has 2 N–H and O–H groups in total. The maximum atomic E-state index is 12.3. The molecular weight excluding hydrogens is 576 g/mol. The van der Waals surface area contributed by atoms with Gasteiger partial charge in [-0.15, -0.1) is 0 Å². The first kappa shape index (κ1) is 29.9. The number of hydrogen-bond acceptors (Lipinski definition) is 4. The number of fused-ring (bicyclic) bond motifs is 2. The zero-order valence-electron chi connectivity index (χ0n) is 26.4. The molecule has 1 aliphatic carbocycles. The summed E-state index contributed by atoms with van der Waals surface area (Å²) in [4.78, 5) is 17.0. The maximum absolute atomic E-state index is 12.3. The smallest absolute Gasteiger partial charge is 0.339 e. The average Bonchev–Trinajstić information content (AvgIpc) is 3.98. The first-order chi connectivity index (χ1) is 23.0. The highest BCUT2D eigenvalue weighted by Gasteiger charge is 2.26. The van der Waals surface area contributed by atoms with Gasteiger partial charge in [0.15, 0.2) is 0 Å². The monoisotopic (exact) mass is 612 g/mol. The van der Waals surface area contributed by atoms with Crippen LogP contribution in [0, 0.1) is 0 Å². The van der Waals surface area contributed by atoms with Crippen LogP contribution in [-0.4, -0.2) is 18.1 Å². The molecule has 47 heavy (non-hydrogen) atoms. The highest BCUT2D eigenvalue weighted by Crippen LogP contribution is 2.40. The van der Waals surface area contributed by atoms with Gasteiger partial charge in [0.05, 0.1) is 18.4 Å². The summed E-state index contributed by atoms with van der Waals surface area (Å²) in [6, 6.07) is 48.2. The van der Waals surface area contributed by atoms with Crippen LogP contribution in [0.25, 0.3) is 43.8 Å². The number of hydrogen-bond donors (Lipinski definition) is 1. The summed E-state index contributed by atoms with van der Waals surface area (Å²) in [5.41, 5.74) is 15.1. The van der Waals surface area contributed by atoms with Crippen molar-refractivity contribution in [3.63, 3.8) is 0 Å². The van der Waals surface area contributed by atoms with Crippen molar-refractivity contribution < 1.29 is 9.53 Å². The number of aromatic nitrogens is 1. The molecule has 1 aliphatic rings. The van der Waals surface area contributed by atoms with E-state index in [9.17, 15) is 4.79 Å². The topological polar surface area (TPSA) is 65.2 Å². The van der Waals surface area contributed by atoms with Crippen molar-refractivity contribution in [3.8, 4) is 22.3 Å². The van der Waals surface area contributed by atoms with E-state index in [-0.39, 0.29) is 5.97 Å². The third-order valence-corrected chi connectivity index (χ3v) is 8.80. The lowest BCUT2D eigenvalue weighted by atomic mass is 9.97. The number of esters is 1. The molecule has 1 fully saturated rings. The fraction of sp³-hybridized carbons (Fsp3) is 0.116. The molecule has 4 nitrogen and oxygen atoms in total. The van der Waals surface area contributed by atoms with Gasteiger partial charge in [0.1, 0.15) is 0 Å². The van der Waals surface area contributed by atoms with Crippen molar-refractivity contribution in [3.05, 3.63) is 168 Å². The van der Waals surface area contributed by atoms with Crippen LogP contribution in [0.5, 0.6) is 0 Å². The quantitative estimate of drug-likeness (QED) is 0.150. The third-order valence-electron chi connectivity index (χ3n) is 8.80. The Balaban J connectivity index is 0.000000174. The number of ether oxygens (including phenoxy) is 1. The predicted octanol–water partition coefficient (Wildman–Crippen LogP) is 10.2. The molecule has 0 unspecified atom stereocenters. The first-order valence-electron chi connectivity index (χ1n) is 16.0. The highest BCUT2D eigenvalue weighted by atomic mass is 16.5. The van der Waals surface area contributed by atoms with Crippen molar-refractivity contribution in [1.29, 1.82) is 0 Å². The number of pyridine rings is 1. The number of nitrogens with two attached hydrogens (primary N) is 1. The van der Waals surface area contributed by atoms with Crippen molar-refractivity contribution in [2.45, 2.75) is 25.2 Å². The SMILES string of the molecule is COC(=O)c1cc(C2CC2)cnc1Cc1ccc2cc(-c3ccccc3)ccc2c1.Nc1ccc2cc(-c3ccccc3)ccc2c1. The van der Waals surface area contributed by atoms with E-state index in [4.69, 9.17) is 10.5 Å². The number of carbonyl (C=O) groups is 1. The molecule has 0 atom stereocenters. The lowest BCUT2D eigenvalue weighted by Gasteiger charge is -2.11. The van der Waals surface area contributed by atoms with E-state index in [2.05, 4.69) is 114 Å². The second kappa shape index (κ2) is 13.3. The Morgan fingerprint density at radius 1 is 0.660 bits per heavy atom. The fourth-order valence-electron chi connectivity index (χ4n) is 6.06. The Labute approximate surface area is 275 Å². The highest BCUT2D eigenvalue weighted by molar-refractivity contribution is 5.92. The van der Waals surface area contributed by atoms with Crippen molar-refractivity contribution in [2.24, 2.45) is 0 Å². The van der Waals surface area contributed by atoms with Crippen LogP contribution >= 0.6 is 0 Å². The number of nitrogen functional groups attached to an aromatic ring is 1. The lowest BCUT2D eigenvalue weighted by molar-refractivity contribution is 0.0599. The molecule has 0 radical (unpaired) electrons. The Morgan fingerprint density at radius 2 is 1.21 bits per heavy atom. The number of rotatable bonds is 6. The minimum atomic E-state index is -0.312. The zero-order chi connectivity index (χ0) is 32.2. The summed E-state index contributed by atoms with van der Waals surface area (Å²) in [5, 5.41) is 4.79. The number of methoxy groups -OCH3 is 1. The zero-order valence-corrected chi connectivity index (χ0v) is 26.4. The van der Waals surface area contributed by atoms with E-state index >= 15 is 0 Å². The van der Waals surface area contributed by atoms with Gasteiger partial charge in [-0.1, -0.05) is 109 Å². The molecule has 1 aromatic heterocycles. The fourth-order valence-corrected chi connectivity index (χ4v) is 6.06.